The molecule has 1 aliphatic heterocycles. The molecule has 2 aliphatic rings. The summed E-state index contributed by atoms with van der Waals surface area (Å²) in [6.45, 7) is 3.37. The van der Waals surface area contributed by atoms with E-state index < -0.39 is 0 Å². The first-order valence-electron chi connectivity index (χ1n) is 4.82. The molecule has 3 N–H and O–H groups in total. The molecule has 0 aromatic rings. The van der Waals surface area contributed by atoms with Crippen molar-refractivity contribution < 1.29 is 0 Å². The van der Waals surface area contributed by atoms with Crippen LogP contribution in [0.2, 0.25) is 0 Å². The van der Waals surface area contributed by atoms with E-state index in [-0.39, 0.29) is 0 Å². The Labute approximate surface area is 68.5 Å². The number of rotatable bonds is 1. The first-order chi connectivity index (χ1) is 5.42. The summed E-state index contributed by atoms with van der Waals surface area (Å²) >= 11 is 0. The number of hydrogen-bond acceptors (Lipinski definition) is 2. The Balaban J connectivity index is 1.90. The second-order valence-electron chi connectivity index (χ2n) is 3.98. The third kappa shape index (κ3) is 1.30. The normalized spacial score (nSPS) is 43.9. The molecule has 2 nitrogen and oxygen atoms in total. The molecular formula is C9H18N2. The molecule has 2 rings (SSSR count). The molecule has 3 unspecified atom stereocenters. The van der Waals surface area contributed by atoms with Gasteiger partial charge in [-0.3, -0.25) is 0 Å². The molecule has 2 fully saturated rings. The summed E-state index contributed by atoms with van der Waals surface area (Å²) < 4.78 is 0. The van der Waals surface area contributed by atoms with Crippen LogP contribution in [0.3, 0.4) is 0 Å². The lowest BCUT2D eigenvalue weighted by Gasteiger charge is -2.43. The molecule has 0 amide bonds. The molecule has 0 aromatic carbocycles. The fourth-order valence-electron chi connectivity index (χ4n) is 2.68. The fraction of sp³-hybridized carbons (Fsp3) is 1.00. The Hall–Kier alpha value is -0.0800. The highest BCUT2D eigenvalue weighted by Gasteiger charge is 2.39. The van der Waals surface area contributed by atoms with Gasteiger partial charge in [-0.25, -0.2) is 0 Å². The van der Waals surface area contributed by atoms with E-state index in [0.717, 1.165) is 24.3 Å². The van der Waals surface area contributed by atoms with Gasteiger partial charge in [-0.05, 0) is 56.7 Å². The highest BCUT2D eigenvalue weighted by atomic mass is 14.9. The van der Waals surface area contributed by atoms with Crippen LogP contribution in [-0.2, 0) is 0 Å². The van der Waals surface area contributed by atoms with Gasteiger partial charge in [0.25, 0.3) is 0 Å². The van der Waals surface area contributed by atoms with E-state index in [2.05, 4.69) is 5.32 Å². The van der Waals surface area contributed by atoms with Gasteiger partial charge in [0.05, 0.1) is 0 Å². The quantitative estimate of drug-likeness (QED) is 0.580. The lowest BCUT2D eigenvalue weighted by Crippen LogP contribution is -2.40. The highest BCUT2D eigenvalue weighted by Crippen LogP contribution is 2.44. The van der Waals surface area contributed by atoms with Crippen LogP contribution in [0, 0.1) is 17.8 Å². The maximum Gasteiger partial charge on any atom is -0.00460 e. The predicted octanol–water partition coefficient (Wildman–Crippen LogP) is 0.581. The zero-order valence-corrected chi connectivity index (χ0v) is 7.05. The number of hydrogen-bond donors (Lipinski definition) is 2. The zero-order valence-electron chi connectivity index (χ0n) is 7.05. The smallest absolute Gasteiger partial charge is 0.00460 e. The van der Waals surface area contributed by atoms with Gasteiger partial charge in [0, 0.05) is 0 Å². The summed E-state index contributed by atoms with van der Waals surface area (Å²) in [6.07, 6.45) is 4.16. The highest BCUT2D eigenvalue weighted by molar-refractivity contribution is 4.91. The average Bonchev–Trinajstić information content (AvgIpc) is 2.15. The number of nitrogens with two attached hydrogens (primary N) is 1. The first-order valence-corrected chi connectivity index (χ1v) is 4.82. The van der Waals surface area contributed by atoms with Crippen LogP contribution < -0.4 is 11.1 Å². The van der Waals surface area contributed by atoms with Gasteiger partial charge in [-0.15, -0.1) is 0 Å². The molecular weight excluding hydrogens is 136 g/mol. The van der Waals surface area contributed by atoms with Crippen LogP contribution in [0.1, 0.15) is 19.3 Å². The fourth-order valence-corrected chi connectivity index (χ4v) is 2.68. The number of fused-ring (bicyclic) bond motifs is 1. The van der Waals surface area contributed by atoms with Crippen molar-refractivity contribution >= 4 is 0 Å². The van der Waals surface area contributed by atoms with Crippen LogP contribution in [-0.4, -0.2) is 19.6 Å². The molecule has 0 bridgehead atoms. The summed E-state index contributed by atoms with van der Waals surface area (Å²) in [5.41, 5.74) is 5.67. The Bertz CT molecular complexity index is 136. The van der Waals surface area contributed by atoms with Gasteiger partial charge >= 0.3 is 0 Å². The maximum atomic E-state index is 5.67. The molecule has 2 heteroatoms. The van der Waals surface area contributed by atoms with Gasteiger partial charge in [0.15, 0.2) is 0 Å². The van der Waals surface area contributed by atoms with Crippen LogP contribution in [0.15, 0.2) is 0 Å². The van der Waals surface area contributed by atoms with Crippen molar-refractivity contribution in [3.05, 3.63) is 0 Å². The molecule has 0 spiro atoms. The average molecular weight is 154 g/mol. The molecule has 1 heterocycles. The Morgan fingerprint density at radius 1 is 1.27 bits per heavy atom. The van der Waals surface area contributed by atoms with Gasteiger partial charge in [-0.1, -0.05) is 0 Å². The van der Waals surface area contributed by atoms with Gasteiger partial charge in [0.1, 0.15) is 0 Å². The van der Waals surface area contributed by atoms with Crippen molar-refractivity contribution in [1.82, 2.24) is 5.32 Å². The Kier molecular flexibility index (Phi) is 2.14. The van der Waals surface area contributed by atoms with Crippen molar-refractivity contribution in [2.45, 2.75) is 19.3 Å². The molecule has 1 saturated carbocycles. The topological polar surface area (TPSA) is 38.0 Å². The minimum absolute atomic E-state index is 0.861. The molecule has 64 valence electrons. The van der Waals surface area contributed by atoms with E-state index in [9.17, 15) is 0 Å². The third-order valence-electron chi connectivity index (χ3n) is 3.47. The minimum Gasteiger partial charge on any atom is -0.330 e. The van der Waals surface area contributed by atoms with Crippen molar-refractivity contribution in [2.24, 2.45) is 23.5 Å². The van der Waals surface area contributed by atoms with Gasteiger partial charge < -0.3 is 11.1 Å². The Morgan fingerprint density at radius 2 is 2.09 bits per heavy atom. The van der Waals surface area contributed by atoms with Crippen molar-refractivity contribution in [1.29, 1.82) is 0 Å². The van der Waals surface area contributed by atoms with Crippen LogP contribution in [0.5, 0.6) is 0 Å². The van der Waals surface area contributed by atoms with Gasteiger partial charge in [-0.2, -0.15) is 0 Å². The predicted molar refractivity (Wildman–Crippen MR) is 46.2 cm³/mol. The van der Waals surface area contributed by atoms with Gasteiger partial charge in [0.2, 0.25) is 0 Å². The number of nitrogens with one attached hydrogen (secondary N) is 1. The second kappa shape index (κ2) is 3.11. The second-order valence-corrected chi connectivity index (χ2v) is 3.98. The standard InChI is InChI=1S/C9H18N2/c10-6-8-5-7-1-3-11-4-2-9(7)8/h7-9,11H,1-6,10H2. The molecule has 11 heavy (non-hydrogen) atoms. The van der Waals surface area contributed by atoms with Crippen LogP contribution >= 0.6 is 0 Å². The van der Waals surface area contributed by atoms with Crippen molar-refractivity contribution in [2.75, 3.05) is 19.6 Å². The van der Waals surface area contributed by atoms with Crippen LogP contribution in [0.25, 0.3) is 0 Å². The van der Waals surface area contributed by atoms with E-state index in [1.165, 1.54) is 32.4 Å². The Morgan fingerprint density at radius 3 is 2.91 bits per heavy atom. The maximum absolute atomic E-state index is 5.67. The molecule has 0 aromatic heterocycles. The molecule has 3 atom stereocenters. The van der Waals surface area contributed by atoms with E-state index in [1.807, 2.05) is 0 Å². The lowest BCUT2D eigenvalue weighted by molar-refractivity contribution is 0.0750. The first kappa shape index (κ1) is 7.56. The largest absolute Gasteiger partial charge is 0.330 e. The van der Waals surface area contributed by atoms with Crippen molar-refractivity contribution in [3.8, 4) is 0 Å². The molecule has 1 aliphatic carbocycles. The summed E-state index contributed by atoms with van der Waals surface area (Å²) in [5.74, 6) is 2.84. The molecule has 1 saturated heterocycles. The summed E-state index contributed by atoms with van der Waals surface area (Å²) in [5, 5.41) is 3.45. The third-order valence-corrected chi connectivity index (χ3v) is 3.47. The van der Waals surface area contributed by atoms with E-state index in [4.69, 9.17) is 5.73 Å². The van der Waals surface area contributed by atoms with E-state index >= 15 is 0 Å². The molecule has 0 radical (unpaired) electrons. The van der Waals surface area contributed by atoms with Crippen molar-refractivity contribution in [3.63, 3.8) is 0 Å². The summed E-state index contributed by atoms with van der Waals surface area (Å²) in [4.78, 5) is 0. The summed E-state index contributed by atoms with van der Waals surface area (Å²) in [6, 6.07) is 0. The summed E-state index contributed by atoms with van der Waals surface area (Å²) in [7, 11) is 0. The van der Waals surface area contributed by atoms with Crippen LogP contribution in [0.4, 0.5) is 0 Å². The zero-order chi connectivity index (χ0) is 7.68. The van der Waals surface area contributed by atoms with E-state index in [1.54, 1.807) is 0 Å². The monoisotopic (exact) mass is 154 g/mol. The minimum atomic E-state index is 0.861. The SMILES string of the molecule is NCC1CC2CCNCCC12. The lowest BCUT2D eigenvalue weighted by atomic mass is 9.62. The van der Waals surface area contributed by atoms with E-state index in [0.29, 0.717) is 0 Å².